The Morgan fingerprint density at radius 3 is 1.67 bits per heavy atom. The van der Waals surface area contributed by atoms with E-state index in [4.69, 9.17) is 9.68 Å². The molecule has 0 radical (unpaired) electrons. The van der Waals surface area contributed by atoms with Gasteiger partial charge < -0.3 is 0 Å². The molecule has 18 heavy (non-hydrogen) atoms. The van der Waals surface area contributed by atoms with Gasteiger partial charge in [-0.05, 0) is 18.2 Å². The highest BCUT2D eigenvalue weighted by Crippen LogP contribution is 2.10. The fourth-order valence-corrected chi connectivity index (χ4v) is 1.31. The topological polar surface area (TPSA) is 59.1 Å². The number of carbonyl (C=O) groups excluding carboxylic acids is 2. The van der Waals surface area contributed by atoms with Crippen LogP contribution in [0.4, 0.5) is 0 Å². The maximum Gasteiger partial charge on any atom is 0.277 e. The second kappa shape index (κ2) is 6.13. The molecule has 1 aromatic rings. The largest absolute Gasteiger partial charge is 0.277 e. The Morgan fingerprint density at radius 1 is 0.944 bits per heavy atom. The summed E-state index contributed by atoms with van der Waals surface area (Å²) in [5.41, 5.74) is 0.740. The van der Waals surface area contributed by atoms with E-state index in [2.05, 4.69) is 0 Å². The van der Waals surface area contributed by atoms with E-state index in [1.807, 2.05) is 0 Å². The zero-order valence-corrected chi connectivity index (χ0v) is 10.8. The second-order valence-electron chi connectivity index (χ2n) is 3.55. The first-order chi connectivity index (χ1) is 8.51. The molecule has 2 amide bonds. The molecule has 0 saturated carbocycles. The van der Waals surface area contributed by atoms with Crippen LogP contribution >= 0.6 is 0 Å². The van der Waals surface area contributed by atoms with Gasteiger partial charge in [0, 0.05) is 25.2 Å². The number of carbonyl (C=O) groups is 2. The Balaban J connectivity index is 2.99. The summed E-state index contributed by atoms with van der Waals surface area (Å²) < 4.78 is 0. The van der Waals surface area contributed by atoms with E-state index in [0.717, 1.165) is 10.1 Å². The third-order valence-corrected chi connectivity index (χ3v) is 2.48. The summed E-state index contributed by atoms with van der Waals surface area (Å²) in [6, 6.07) is 6.35. The number of rotatable bonds is 4. The summed E-state index contributed by atoms with van der Waals surface area (Å²) in [7, 11) is 5.79. The van der Waals surface area contributed by atoms with Crippen LogP contribution in [0.3, 0.4) is 0 Å². The minimum absolute atomic E-state index is 0.327. The summed E-state index contributed by atoms with van der Waals surface area (Å²) in [6.07, 6.45) is 0. The number of amides is 2. The maximum atomic E-state index is 11.8. The van der Waals surface area contributed by atoms with E-state index in [-0.39, 0.29) is 11.8 Å². The molecule has 0 aliphatic heterocycles. The highest BCUT2D eigenvalue weighted by atomic mass is 16.7. The van der Waals surface area contributed by atoms with Gasteiger partial charge in [0.15, 0.2) is 0 Å². The third kappa shape index (κ3) is 3.06. The van der Waals surface area contributed by atoms with Gasteiger partial charge in [-0.25, -0.2) is 10.1 Å². The molecule has 0 heterocycles. The highest BCUT2D eigenvalue weighted by Gasteiger charge is 2.16. The fourth-order valence-electron chi connectivity index (χ4n) is 1.31. The number of nitrogens with zero attached hydrogens (tertiary/aromatic N) is 2. The lowest BCUT2D eigenvalue weighted by Crippen LogP contribution is -2.27. The molecule has 0 aliphatic carbocycles. The highest BCUT2D eigenvalue weighted by molar-refractivity contribution is 5.98. The van der Waals surface area contributed by atoms with E-state index in [1.165, 1.54) is 34.4 Å². The van der Waals surface area contributed by atoms with Crippen molar-refractivity contribution in [3.8, 4) is 0 Å². The minimum Gasteiger partial charge on any atom is -0.274 e. The Morgan fingerprint density at radius 2 is 1.33 bits per heavy atom. The number of hydrogen-bond acceptors (Lipinski definition) is 4. The van der Waals surface area contributed by atoms with Crippen LogP contribution in [0.2, 0.25) is 0 Å². The molecule has 98 valence electrons. The van der Waals surface area contributed by atoms with Crippen LogP contribution in [0.1, 0.15) is 20.7 Å². The molecule has 6 heteroatoms. The molecule has 0 fully saturated rings. The zero-order chi connectivity index (χ0) is 13.7. The normalized spacial score (nSPS) is 10.0. The van der Waals surface area contributed by atoms with Crippen molar-refractivity contribution in [1.82, 2.24) is 10.1 Å². The molecule has 0 aromatic heterocycles. The Bertz CT molecular complexity index is 410. The SMILES string of the molecule is CON(C)C(=O)c1cccc(C(=O)N(C)OC)c1. The van der Waals surface area contributed by atoms with Crippen LogP contribution in [-0.2, 0) is 9.68 Å². The summed E-state index contributed by atoms with van der Waals surface area (Å²) in [4.78, 5) is 33.3. The summed E-state index contributed by atoms with van der Waals surface area (Å²) >= 11 is 0. The van der Waals surface area contributed by atoms with Crippen molar-refractivity contribution >= 4 is 11.8 Å². The average molecular weight is 252 g/mol. The number of hydroxylamine groups is 4. The molecule has 0 spiro atoms. The molecule has 0 atom stereocenters. The van der Waals surface area contributed by atoms with Crippen LogP contribution in [0.15, 0.2) is 24.3 Å². The first kappa shape index (κ1) is 14.1. The molecular formula is C12H16N2O4. The second-order valence-corrected chi connectivity index (χ2v) is 3.55. The Kier molecular flexibility index (Phi) is 4.82. The lowest BCUT2D eigenvalue weighted by Gasteiger charge is -2.16. The van der Waals surface area contributed by atoms with Gasteiger partial charge in [-0.1, -0.05) is 6.07 Å². The molecule has 0 saturated heterocycles. The lowest BCUT2D eigenvalue weighted by atomic mass is 10.1. The summed E-state index contributed by atoms with van der Waals surface area (Å²) in [5, 5.41) is 2.17. The van der Waals surface area contributed by atoms with Gasteiger partial charge in [-0.3, -0.25) is 19.3 Å². The van der Waals surface area contributed by atoms with Gasteiger partial charge in [0.2, 0.25) is 0 Å². The Hall–Kier alpha value is -1.92. The predicted octanol–water partition coefficient (Wildman–Crippen LogP) is 0.953. The van der Waals surface area contributed by atoms with E-state index in [1.54, 1.807) is 18.2 Å². The monoisotopic (exact) mass is 252 g/mol. The predicted molar refractivity (Wildman–Crippen MR) is 64.6 cm³/mol. The molecule has 0 bridgehead atoms. The van der Waals surface area contributed by atoms with Crippen LogP contribution in [-0.4, -0.2) is 50.3 Å². The van der Waals surface area contributed by atoms with E-state index >= 15 is 0 Å². The summed E-state index contributed by atoms with van der Waals surface area (Å²) in [5.74, 6) is -0.653. The molecule has 1 aromatic carbocycles. The van der Waals surface area contributed by atoms with Crippen molar-refractivity contribution in [2.45, 2.75) is 0 Å². The summed E-state index contributed by atoms with van der Waals surface area (Å²) in [6.45, 7) is 0. The van der Waals surface area contributed by atoms with Crippen molar-refractivity contribution in [2.75, 3.05) is 28.3 Å². The standard InChI is InChI=1S/C12H16N2O4/c1-13(17-3)11(15)9-6-5-7-10(8-9)12(16)14(2)18-4/h5-8H,1-4H3. The Labute approximate surface area is 106 Å². The van der Waals surface area contributed by atoms with Crippen LogP contribution in [0, 0.1) is 0 Å². The third-order valence-electron chi connectivity index (χ3n) is 2.48. The smallest absolute Gasteiger partial charge is 0.274 e. The van der Waals surface area contributed by atoms with Crippen molar-refractivity contribution in [3.63, 3.8) is 0 Å². The quantitative estimate of drug-likeness (QED) is 0.749. The first-order valence-electron chi connectivity index (χ1n) is 5.25. The minimum atomic E-state index is -0.327. The fraction of sp³-hybridized carbons (Fsp3) is 0.333. The van der Waals surface area contributed by atoms with Gasteiger partial charge in [-0.15, -0.1) is 0 Å². The van der Waals surface area contributed by atoms with E-state index < -0.39 is 0 Å². The van der Waals surface area contributed by atoms with Crippen LogP contribution < -0.4 is 0 Å². The number of benzene rings is 1. The molecule has 0 aliphatic rings. The first-order valence-corrected chi connectivity index (χ1v) is 5.25. The molecule has 1 rings (SSSR count). The van der Waals surface area contributed by atoms with E-state index in [9.17, 15) is 9.59 Å². The van der Waals surface area contributed by atoms with Crippen molar-refractivity contribution in [1.29, 1.82) is 0 Å². The van der Waals surface area contributed by atoms with Crippen molar-refractivity contribution < 1.29 is 19.3 Å². The van der Waals surface area contributed by atoms with E-state index in [0.29, 0.717) is 11.1 Å². The van der Waals surface area contributed by atoms with Crippen LogP contribution in [0.25, 0.3) is 0 Å². The zero-order valence-electron chi connectivity index (χ0n) is 10.8. The van der Waals surface area contributed by atoms with Gasteiger partial charge in [0.1, 0.15) is 0 Å². The number of hydrogen-bond donors (Lipinski definition) is 0. The van der Waals surface area contributed by atoms with Gasteiger partial charge in [0.05, 0.1) is 14.2 Å². The molecule has 0 unspecified atom stereocenters. The maximum absolute atomic E-state index is 11.8. The molecule has 6 nitrogen and oxygen atoms in total. The molecule has 0 N–H and O–H groups in total. The molecular weight excluding hydrogens is 236 g/mol. The average Bonchev–Trinajstić information content (AvgIpc) is 2.43. The van der Waals surface area contributed by atoms with Gasteiger partial charge >= 0.3 is 0 Å². The van der Waals surface area contributed by atoms with Gasteiger partial charge in [-0.2, -0.15) is 0 Å². The van der Waals surface area contributed by atoms with Crippen LogP contribution in [0.5, 0.6) is 0 Å². The van der Waals surface area contributed by atoms with Crippen molar-refractivity contribution in [2.24, 2.45) is 0 Å². The van der Waals surface area contributed by atoms with Crippen molar-refractivity contribution in [3.05, 3.63) is 35.4 Å². The lowest BCUT2D eigenvalue weighted by molar-refractivity contribution is -0.0762. The van der Waals surface area contributed by atoms with Gasteiger partial charge in [0.25, 0.3) is 11.8 Å².